The van der Waals surface area contributed by atoms with Crippen molar-refractivity contribution in [2.24, 2.45) is 0 Å². The van der Waals surface area contributed by atoms with E-state index in [2.05, 4.69) is 26.5 Å². The summed E-state index contributed by atoms with van der Waals surface area (Å²) in [5.74, 6) is -0.431. The second kappa shape index (κ2) is 16.5. The number of likely N-dealkylation sites (N-methyl/N-ethyl adjacent to an activating group) is 1. The molecule has 256 valence electrons. The van der Waals surface area contributed by atoms with Gasteiger partial charge in [0, 0.05) is 87.1 Å². The molecule has 0 spiro atoms. The molecule has 1 aromatic heterocycles. The lowest BCUT2D eigenvalue weighted by molar-refractivity contribution is 0.0338. The van der Waals surface area contributed by atoms with Crippen LogP contribution in [-0.2, 0) is 18.0 Å². The Morgan fingerprint density at radius 3 is 2.47 bits per heavy atom. The molecule has 2 N–H and O–H groups in total. The van der Waals surface area contributed by atoms with Crippen molar-refractivity contribution in [2.75, 3.05) is 75.1 Å². The highest BCUT2D eigenvalue weighted by Crippen LogP contribution is 2.34. The summed E-state index contributed by atoms with van der Waals surface area (Å²) in [5.41, 5.74) is 6.59. The zero-order valence-electron chi connectivity index (χ0n) is 28.2. The van der Waals surface area contributed by atoms with Gasteiger partial charge < -0.3 is 25.2 Å². The average molecular weight is 665 g/mol. The third-order valence-electron chi connectivity index (χ3n) is 9.22. The maximum Gasteiger partial charge on any atom is 0.255 e. The third-order valence-corrected chi connectivity index (χ3v) is 9.22. The van der Waals surface area contributed by atoms with Crippen molar-refractivity contribution in [1.29, 1.82) is 0 Å². The molecule has 6 rings (SSSR count). The number of nitrogens with one attached hydrogen (secondary N) is 2. The minimum absolute atomic E-state index is 0.126. The normalized spacial score (nSPS) is 15.1. The molecule has 2 saturated heterocycles. The molecule has 10 heteroatoms. The summed E-state index contributed by atoms with van der Waals surface area (Å²) in [6.45, 7) is 6.54. The smallest absolute Gasteiger partial charge is 0.255 e. The summed E-state index contributed by atoms with van der Waals surface area (Å²) in [4.78, 5) is 38.1. The number of pyridine rings is 1. The van der Waals surface area contributed by atoms with Crippen LogP contribution in [0.2, 0.25) is 0 Å². The Hall–Kier alpha value is -4.80. The summed E-state index contributed by atoms with van der Waals surface area (Å²) in [7, 11) is 1.79. The molecular weight excluding hydrogens is 619 g/mol. The van der Waals surface area contributed by atoms with Crippen LogP contribution in [-0.4, -0.2) is 86.1 Å². The number of ether oxygens (including phenoxy) is 1. The Balaban J connectivity index is 1.20. The van der Waals surface area contributed by atoms with Crippen LogP contribution in [0.5, 0.6) is 0 Å². The lowest BCUT2D eigenvalue weighted by atomic mass is 10.0. The van der Waals surface area contributed by atoms with Gasteiger partial charge in [-0.25, -0.2) is 4.39 Å². The first-order chi connectivity index (χ1) is 24.0. The number of aromatic nitrogens is 1. The first-order valence-corrected chi connectivity index (χ1v) is 17.2. The van der Waals surface area contributed by atoms with Gasteiger partial charge in [0.05, 0.1) is 24.6 Å². The van der Waals surface area contributed by atoms with Crippen LogP contribution in [0.15, 0.2) is 85.1 Å². The SMILES string of the molecule is CN(CCN1CCOCC1)C(=O)c1cccc(C(=O)Nc2ccc(N3CCCCC3)cc2-c2cc(NCc3cccc(CF)c3)ccn2)c1. The molecule has 9 nitrogen and oxygen atoms in total. The van der Waals surface area contributed by atoms with Gasteiger partial charge in [-0.2, -0.15) is 0 Å². The summed E-state index contributed by atoms with van der Waals surface area (Å²) in [6.07, 6.45) is 5.27. The van der Waals surface area contributed by atoms with Crippen molar-refractivity contribution in [3.63, 3.8) is 0 Å². The fraction of sp³-hybridized carbons (Fsp3) is 0.359. The van der Waals surface area contributed by atoms with Gasteiger partial charge in [0.2, 0.25) is 0 Å². The van der Waals surface area contributed by atoms with Crippen LogP contribution >= 0.6 is 0 Å². The Labute approximate surface area is 288 Å². The highest BCUT2D eigenvalue weighted by Gasteiger charge is 2.19. The average Bonchev–Trinajstić information content (AvgIpc) is 3.17. The highest BCUT2D eigenvalue weighted by atomic mass is 19.1. The number of carbonyl (C=O) groups is 2. The predicted octanol–water partition coefficient (Wildman–Crippen LogP) is 6.48. The van der Waals surface area contributed by atoms with Crippen molar-refractivity contribution in [3.8, 4) is 11.3 Å². The number of hydrogen-bond donors (Lipinski definition) is 2. The van der Waals surface area contributed by atoms with E-state index in [1.54, 1.807) is 48.5 Å². The van der Waals surface area contributed by atoms with E-state index in [4.69, 9.17) is 9.72 Å². The van der Waals surface area contributed by atoms with Crippen molar-refractivity contribution in [2.45, 2.75) is 32.5 Å². The minimum Gasteiger partial charge on any atom is -0.381 e. The molecule has 0 aliphatic carbocycles. The van der Waals surface area contributed by atoms with E-state index in [0.29, 0.717) is 54.4 Å². The number of halogens is 1. The molecule has 0 saturated carbocycles. The van der Waals surface area contributed by atoms with Gasteiger partial charge in [-0.15, -0.1) is 0 Å². The number of nitrogens with zero attached hydrogens (tertiary/aromatic N) is 4. The number of hydrogen-bond acceptors (Lipinski definition) is 7. The van der Waals surface area contributed by atoms with Crippen molar-refractivity contribution < 1.29 is 18.7 Å². The maximum atomic E-state index is 13.7. The molecule has 3 aromatic carbocycles. The van der Waals surface area contributed by atoms with E-state index >= 15 is 0 Å². The second-order valence-corrected chi connectivity index (χ2v) is 12.7. The van der Waals surface area contributed by atoms with Gasteiger partial charge in [0.1, 0.15) is 6.67 Å². The number of anilines is 3. The Morgan fingerprint density at radius 1 is 0.878 bits per heavy atom. The van der Waals surface area contributed by atoms with Gasteiger partial charge in [-0.3, -0.25) is 19.5 Å². The van der Waals surface area contributed by atoms with Crippen LogP contribution in [0.4, 0.5) is 21.5 Å². The van der Waals surface area contributed by atoms with Crippen molar-refractivity contribution >= 4 is 28.9 Å². The van der Waals surface area contributed by atoms with E-state index in [1.165, 1.54) is 6.42 Å². The van der Waals surface area contributed by atoms with E-state index in [0.717, 1.165) is 68.1 Å². The fourth-order valence-electron chi connectivity index (χ4n) is 6.34. The third kappa shape index (κ3) is 9.01. The van der Waals surface area contributed by atoms with Gasteiger partial charge in [0.15, 0.2) is 0 Å². The molecule has 49 heavy (non-hydrogen) atoms. The first kappa shape index (κ1) is 34.1. The lowest BCUT2D eigenvalue weighted by Crippen LogP contribution is -2.41. The number of piperidine rings is 1. The number of rotatable bonds is 12. The van der Waals surface area contributed by atoms with Crippen molar-refractivity contribution in [1.82, 2.24) is 14.8 Å². The van der Waals surface area contributed by atoms with Gasteiger partial charge >= 0.3 is 0 Å². The lowest BCUT2D eigenvalue weighted by Gasteiger charge is -2.29. The van der Waals surface area contributed by atoms with Crippen LogP contribution in [0.1, 0.15) is 51.1 Å². The van der Waals surface area contributed by atoms with Crippen LogP contribution < -0.4 is 15.5 Å². The van der Waals surface area contributed by atoms with Gasteiger partial charge in [-0.1, -0.05) is 30.3 Å². The van der Waals surface area contributed by atoms with Crippen LogP contribution in [0.3, 0.4) is 0 Å². The van der Waals surface area contributed by atoms with Crippen LogP contribution in [0.25, 0.3) is 11.3 Å². The Bertz CT molecular complexity index is 1740. The maximum absolute atomic E-state index is 13.7. The van der Waals surface area contributed by atoms with E-state index in [9.17, 15) is 14.0 Å². The quantitative estimate of drug-likeness (QED) is 0.179. The standard InChI is InChI=1S/C39H45FN6O3/c1-44(17-18-45-19-21-49-22-20-45)39(48)32-10-6-9-31(24-32)38(47)43-36-12-11-34(46-15-3-2-4-16-46)26-35(36)37-25-33(13-14-41-37)42-28-30-8-5-7-29(23-30)27-40/h5-14,23-26H,2-4,15-22,27-28H2,1H3,(H,41,42)(H,43,47). The fourth-order valence-corrected chi connectivity index (χ4v) is 6.34. The number of carbonyl (C=O) groups excluding carboxylic acids is 2. The molecule has 3 heterocycles. The second-order valence-electron chi connectivity index (χ2n) is 12.7. The van der Waals surface area contributed by atoms with Crippen molar-refractivity contribution in [3.05, 3.63) is 107 Å². The molecule has 0 bridgehead atoms. The van der Waals surface area contributed by atoms with Crippen LogP contribution in [0, 0.1) is 0 Å². The molecule has 2 fully saturated rings. The number of amides is 2. The molecular formula is C39H45FN6O3. The monoisotopic (exact) mass is 664 g/mol. The molecule has 0 unspecified atom stereocenters. The van der Waals surface area contributed by atoms with Gasteiger partial charge in [0.25, 0.3) is 11.8 Å². The molecule has 2 aliphatic heterocycles. The zero-order chi connectivity index (χ0) is 34.0. The van der Waals surface area contributed by atoms with Gasteiger partial charge in [-0.05, 0) is 78.9 Å². The molecule has 2 aliphatic rings. The first-order valence-electron chi connectivity index (χ1n) is 17.2. The molecule has 0 radical (unpaired) electrons. The Kier molecular flexibility index (Phi) is 11.5. The zero-order valence-corrected chi connectivity index (χ0v) is 28.2. The number of alkyl halides is 1. The molecule has 2 amide bonds. The van der Waals surface area contributed by atoms with E-state index in [-0.39, 0.29) is 11.8 Å². The Morgan fingerprint density at radius 2 is 1.65 bits per heavy atom. The summed E-state index contributed by atoms with van der Waals surface area (Å²) >= 11 is 0. The van der Waals surface area contributed by atoms with E-state index < -0.39 is 6.67 Å². The highest BCUT2D eigenvalue weighted by molar-refractivity contribution is 6.08. The largest absolute Gasteiger partial charge is 0.381 e. The number of morpholine rings is 1. The topological polar surface area (TPSA) is 90.0 Å². The molecule has 0 atom stereocenters. The summed E-state index contributed by atoms with van der Waals surface area (Å²) in [5, 5.41) is 6.55. The van der Waals surface area contributed by atoms with E-state index in [1.807, 2.05) is 42.5 Å². The predicted molar refractivity (Wildman–Crippen MR) is 193 cm³/mol. The summed E-state index contributed by atoms with van der Waals surface area (Å²) in [6, 6.07) is 24.3. The number of benzene rings is 3. The summed E-state index contributed by atoms with van der Waals surface area (Å²) < 4.78 is 18.6. The molecule has 4 aromatic rings. The minimum atomic E-state index is -0.498.